The molecule has 0 unspecified atom stereocenters. The van der Waals surface area contributed by atoms with Crippen molar-refractivity contribution in [3.05, 3.63) is 59.2 Å². The fraction of sp³-hybridized carbons (Fsp3) is 0.435. The minimum Gasteiger partial charge on any atom is -0.496 e. The van der Waals surface area contributed by atoms with Gasteiger partial charge in [0.05, 0.1) is 31.3 Å². The summed E-state index contributed by atoms with van der Waals surface area (Å²) in [6, 6.07) is 12.6. The number of morpholine rings is 1. The topological polar surface area (TPSA) is 84.9 Å². The molecule has 168 valence electrons. The first kappa shape index (κ1) is 23.2. The zero-order valence-electron chi connectivity index (χ0n) is 18.3. The smallest absolute Gasteiger partial charge is 0.243 e. The molecule has 31 heavy (non-hydrogen) atoms. The maximum atomic E-state index is 13.0. The van der Waals surface area contributed by atoms with E-state index in [2.05, 4.69) is 5.32 Å². The number of aryl methyl sites for hydroxylation is 2. The van der Waals surface area contributed by atoms with E-state index in [1.807, 2.05) is 38.1 Å². The Morgan fingerprint density at radius 1 is 1.19 bits per heavy atom. The maximum Gasteiger partial charge on any atom is 0.243 e. The summed E-state index contributed by atoms with van der Waals surface area (Å²) in [4.78, 5) is 12.8. The summed E-state index contributed by atoms with van der Waals surface area (Å²) in [5.74, 6) is 0.472. The van der Waals surface area contributed by atoms with Gasteiger partial charge in [0.1, 0.15) is 5.75 Å². The second-order valence-corrected chi connectivity index (χ2v) is 9.57. The van der Waals surface area contributed by atoms with Gasteiger partial charge >= 0.3 is 0 Å². The number of ether oxygens (including phenoxy) is 2. The summed E-state index contributed by atoms with van der Waals surface area (Å²) < 4.78 is 38.0. The zero-order valence-corrected chi connectivity index (χ0v) is 19.1. The zero-order chi connectivity index (χ0) is 22.4. The summed E-state index contributed by atoms with van der Waals surface area (Å²) in [6.07, 6.45) is 0.607. The Labute approximate surface area is 184 Å². The van der Waals surface area contributed by atoms with Crippen LogP contribution in [0.1, 0.15) is 36.1 Å². The molecule has 0 bridgehead atoms. The summed E-state index contributed by atoms with van der Waals surface area (Å²) in [6.45, 7) is 5.42. The van der Waals surface area contributed by atoms with Gasteiger partial charge < -0.3 is 14.8 Å². The van der Waals surface area contributed by atoms with Gasteiger partial charge in [-0.2, -0.15) is 4.31 Å². The van der Waals surface area contributed by atoms with Gasteiger partial charge in [0.25, 0.3) is 0 Å². The molecule has 2 aromatic carbocycles. The predicted molar refractivity (Wildman–Crippen MR) is 119 cm³/mol. The minimum atomic E-state index is -3.61. The Balaban J connectivity index is 1.69. The molecule has 1 aliphatic rings. The van der Waals surface area contributed by atoms with Crippen LogP contribution in [0.25, 0.3) is 0 Å². The highest BCUT2D eigenvalue weighted by atomic mass is 32.2. The number of methoxy groups -OCH3 is 1. The average molecular weight is 447 g/mol. The SMILES string of the molecule is COc1ccc(S(=O)(=O)N2CCOCC2)cc1CCC(=O)N[C@H](C)c1ccccc1C. The molecule has 1 amide bonds. The fourth-order valence-electron chi connectivity index (χ4n) is 3.76. The van der Waals surface area contributed by atoms with Gasteiger partial charge in [0, 0.05) is 19.5 Å². The number of nitrogens with one attached hydrogen (secondary N) is 1. The number of nitrogens with zero attached hydrogens (tertiary/aromatic N) is 1. The van der Waals surface area contributed by atoms with E-state index in [0.717, 1.165) is 11.1 Å². The van der Waals surface area contributed by atoms with Crippen LogP contribution in [0.3, 0.4) is 0 Å². The molecule has 1 atom stereocenters. The van der Waals surface area contributed by atoms with Gasteiger partial charge in [-0.3, -0.25) is 4.79 Å². The van der Waals surface area contributed by atoms with Crippen molar-refractivity contribution in [1.82, 2.24) is 9.62 Å². The summed E-state index contributed by atoms with van der Waals surface area (Å²) in [7, 11) is -2.07. The molecular weight excluding hydrogens is 416 g/mol. The minimum absolute atomic E-state index is 0.0979. The third-order valence-corrected chi connectivity index (χ3v) is 7.41. The number of rotatable bonds is 8. The van der Waals surface area contributed by atoms with Crippen molar-refractivity contribution < 1.29 is 22.7 Å². The molecule has 3 rings (SSSR count). The number of hydrogen-bond donors (Lipinski definition) is 1. The molecule has 2 aromatic rings. The van der Waals surface area contributed by atoms with Crippen molar-refractivity contribution in [3.8, 4) is 5.75 Å². The highest BCUT2D eigenvalue weighted by Crippen LogP contribution is 2.26. The molecule has 0 radical (unpaired) electrons. The highest BCUT2D eigenvalue weighted by molar-refractivity contribution is 7.89. The normalized spacial score (nSPS) is 16.0. The molecule has 0 spiro atoms. The number of amides is 1. The maximum absolute atomic E-state index is 13.0. The molecule has 1 N–H and O–H groups in total. The van der Waals surface area contributed by atoms with Crippen LogP contribution in [0.15, 0.2) is 47.4 Å². The number of hydrogen-bond acceptors (Lipinski definition) is 5. The lowest BCUT2D eigenvalue weighted by atomic mass is 10.0. The van der Waals surface area contributed by atoms with Crippen molar-refractivity contribution in [2.75, 3.05) is 33.4 Å². The molecular formula is C23H30N2O5S. The largest absolute Gasteiger partial charge is 0.496 e. The first-order valence-corrected chi connectivity index (χ1v) is 11.9. The van der Waals surface area contributed by atoms with E-state index in [0.29, 0.717) is 44.0 Å². The lowest BCUT2D eigenvalue weighted by Gasteiger charge is -2.26. The van der Waals surface area contributed by atoms with Crippen LogP contribution in [0.5, 0.6) is 5.75 Å². The van der Waals surface area contributed by atoms with Gasteiger partial charge in [-0.05, 0) is 55.2 Å². The van der Waals surface area contributed by atoms with Crippen molar-refractivity contribution >= 4 is 15.9 Å². The number of sulfonamides is 1. The molecule has 7 nitrogen and oxygen atoms in total. The van der Waals surface area contributed by atoms with Crippen LogP contribution in [-0.2, 0) is 26.0 Å². The Kier molecular flexibility index (Phi) is 7.69. The van der Waals surface area contributed by atoms with Crippen LogP contribution >= 0.6 is 0 Å². The second-order valence-electron chi connectivity index (χ2n) is 7.64. The highest BCUT2D eigenvalue weighted by Gasteiger charge is 2.27. The lowest BCUT2D eigenvalue weighted by molar-refractivity contribution is -0.121. The summed E-state index contributed by atoms with van der Waals surface area (Å²) >= 11 is 0. The van der Waals surface area contributed by atoms with Gasteiger partial charge in [0.2, 0.25) is 15.9 Å². The van der Waals surface area contributed by atoms with E-state index in [9.17, 15) is 13.2 Å². The van der Waals surface area contributed by atoms with Crippen LogP contribution < -0.4 is 10.1 Å². The third-order valence-electron chi connectivity index (χ3n) is 5.51. The Hall–Kier alpha value is -2.42. The van der Waals surface area contributed by atoms with Crippen molar-refractivity contribution in [3.63, 3.8) is 0 Å². The number of carbonyl (C=O) groups excluding carboxylic acids is 1. The van der Waals surface area contributed by atoms with Crippen molar-refractivity contribution in [2.24, 2.45) is 0 Å². The van der Waals surface area contributed by atoms with E-state index in [1.165, 1.54) is 11.4 Å². The van der Waals surface area contributed by atoms with Crippen LogP contribution in [0, 0.1) is 6.92 Å². The second kappa shape index (κ2) is 10.3. The molecule has 1 fully saturated rings. The Morgan fingerprint density at radius 2 is 1.90 bits per heavy atom. The Morgan fingerprint density at radius 3 is 2.58 bits per heavy atom. The van der Waals surface area contributed by atoms with Crippen LogP contribution in [0.4, 0.5) is 0 Å². The molecule has 0 saturated carbocycles. The van der Waals surface area contributed by atoms with Crippen molar-refractivity contribution in [1.29, 1.82) is 0 Å². The lowest BCUT2D eigenvalue weighted by Crippen LogP contribution is -2.40. The van der Waals surface area contributed by atoms with Crippen LogP contribution in [-0.4, -0.2) is 52.0 Å². The predicted octanol–water partition coefficient (Wildman–Crippen LogP) is 2.83. The number of carbonyl (C=O) groups is 1. The molecule has 1 heterocycles. The van der Waals surface area contributed by atoms with Crippen LogP contribution in [0.2, 0.25) is 0 Å². The summed E-state index contributed by atoms with van der Waals surface area (Å²) in [5, 5.41) is 3.02. The standard InChI is InChI=1S/C23H30N2O5S/c1-17-6-4-5-7-21(17)18(2)24-23(26)11-8-19-16-20(9-10-22(19)29-3)31(27,28)25-12-14-30-15-13-25/h4-7,9-10,16,18H,8,11-15H2,1-3H3,(H,24,26)/t18-/m1/s1. The monoisotopic (exact) mass is 446 g/mol. The van der Waals surface area contributed by atoms with Gasteiger partial charge in [-0.15, -0.1) is 0 Å². The van der Waals surface area contributed by atoms with E-state index >= 15 is 0 Å². The van der Waals surface area contributed by atoms with Gasteiger partial charge in [0.15, 0.2) is 0 Å². The first-order valence-electron chi connectivity index (χ1n) is 10.4. The van der Waals surface area contributed by atoms with E-state index in [4.69, 9.17) is 9.47 Å². The molecule has 1 saturated heterocycles. The third kappa shape index (κ3) is 5.64. The average Bonchev–Trinajstić information content (AvgIpc) is 2.78. The molecule has 1 aliphatic heterocycles. The van der Waals surface area contributed by atoms with Crippen molar-refractivity contribution in [2.45, 2.75) is 37.6 Å². The Bertz CT molecular complexity index is 1020. The van der Waals surface area contributed by atoms with Gasteiger partial charge in [-0.25, -0.2) is 8.42 Å². The first-order chi connectivity index (χ1) is 14.8. The van der Waals surface area contributed by atoms with E-state index in [1.54, 1.807) is 18.2 Å². The molecule has 8 heteroatoms. The quantitative estimate of drug-likeness (QED) is 0.674. The van der Waals surface area contributed by atoms with Gasteiger partial charge in [-0.1, -0.05) is 24.3 Å². The number of benzene rings is 2. The summed E-state index contributed by atoms with van der Waals surface area (Å²) in [5.41, 5.74) is 2.89. The molecule has 0 aliphatic carbocycles. The fourth-order valence-corrected chi connectivity index (χ4v) is 5.22. The molecule has 0 aromatic heterocycles. The van der Waals surface area contributed by atoms with E-state index in [-0.39, 0.29) is 23.3 Å². The van der Waals surface area contributed by atoms with E-state index < -0.39 is 10.0 Å².